The molecule has 1 aliphatic heterocycles. The van der Waals surface area contributed by atoms with Crippen LogP contribution < -0.4 is 5.32 Å². The lowest BCUT2D eigenvalue weighted by atomic mass is 10.1. The summed E-state index contributed by atoms with van der Waals surface area (Å²) in [6, 6.07) is 17.5. The number of nitrogens with zero attached hydrogens (tertiary/aromatic N) is 1. The molecule has 0 bridgehead atoms. The van der Waals surface area contributed by atoms with Crippen molar-refractivity contribution >= 4 is 35.2 Å². The minimum absolute atomic E-state index is 0.0498. The Labute approximate surface area is 189 Å². The smallest absolute Gasteiger partial charge is 0.340 e. The SMILES string of the molecule is CCOC(=O)c1ccccc1NC(=O)c1ccc([C@H]2SCC(=O)N2Cc2ccco2)cc1. The van der Waals surface area contributed by atoms with Crippen LogP contribution in [0.3, 0.4) is 0 Å². The van der Waals surface area contributed by atoms with Crippen molar-refractivity contribution in [3.63, 3.8) is 0 Å². The van der Waals surface area contributed by atoms with Crippen LogP contribution in [0.2, 0.25) is 0 Å². The van der Waals surface area contributed by atoms with Crippen molar-refractivity contribution in [1.29, 1.82) is 0 Å². The van der Waals surface area contributed by atoms with Gasteiger partial charge in [-0.1, -0.05) is 24.3 Å². The molecule has 1 aliphatic rings. The van der Waals surface area contributed by atoms with E-state index in [9.17, 15) is 14.4 Å². The average molecular weight is 451 g/mol. The monoisotopic (exact) mass is 450 g/mol. The van der Waals surface area contributed by atoms with Crippen molar-refractivity contribution in [2.24, 2.45) is 0 Å². The molecule has 32 heavy (non-hydrogen) atoms. The molecule has 164 valence electrons. The van der Waals surface area contributed by atoms with E-state index in [2.05, 4.69) is 5.32 Å². The molecule has 1 fully saturated rings. The summed E-state index contributed by atoms with van der Waals surface area (Å²) < 4.78 is 10.4. The van der Waals surface area contributed by atoms with Crippen LogP contribution in [0.15, 0.2) is 71.3 Å². The van der Waals surface area contributed by atoms with Gasteiger partial charge in [0, 0.05) is 5.56 Å². The van der Waals surface area contributed by atoms with Crippen LogP contribution in [0, 0.1) is 0 Å². The molecule has 0 aliphatic carbocycles. The Kier molecular flexibility index (Phi) is 6.61. The average Bonchev–Trinajstić information content (AvgIpc) is 3.45. The number of amides is 2. The lowest BCUT2D eigenvalue weighted by Gasteiger charge is -2.23. The van der Waals surface area contributed by atoms with Crippen LogP contribution in [0.25, 0.3) is 0 Å². The standard InChI is InChI=1S/C24H22N2O5S/c1-2-30-24(29)19-7-3-4-8-20(19)25-22(28)16-9-11-17(12-10-16)23-26(21(27)15-32-23)14-18-6-5-13-31-18/h3-13,23H,2,14-15H2,1H3,(H,25,28)/t23-/m1/s1. The van der Waals surface area contributed by atoms with E-state index in [1.54, 1.807) is 72.3 Å². The maximum absolute atomic E-state index is 12.8. The third-order valence-corrected chi connectivity index (χ3v) is 6.26. The van der Waals surface area contributed by atoms with Gasteiger partial charge in [0.15, 0.2) is 0 Å². The van der Waals surface area contributed by atoms with E-state index in [0.717, 1.165) is 11.3 Å². The number of thioether (sulfide) groups is 1. The van der Waals surface area contributed by atoms with Crippen LogP contribution in [-0.4, -0.2) is 35.0 Å². The molecule has 0 radical (unpaired) electrons. The number of rotatable bonds is 7. The predicted octanol–water partition coefficient (Wildman–Crippen LogP) is 4.48. The van der Waals surface area contributed by atoms with Crippen LogP contribution in [0.4, 0.5) is 5.69 Å². The predicted molar refractivity (Wildman–Crippen MR) is 121 cm³/mol. The van der Waals surface area contributed by atoms with Gasteiger partial charge in [-0.25, -0.2) is 4.79 Å². The molecule has 1 saturated heterocycles. The van der Waals surface area contributed by atoms with Crippen LogP contribution >= 0.6 is 11.8 Å². The van der Waals surface area contributed by atoms with Gasteiger partial charge in [0.25, 0.3) is 5.91 Å². The Bertz CT molecular complexity index is 1110. The number of anilines is 1. The second kappa shape index (κ2) is 9.74. The molecular weight excluding hydrogens is 428 g/mol. The number of benzene rings is 2. The Balaban J connectivity index is 1.47. The summed E-state index contributed by atoms with van der Waals surface area (Å²) in [6.07, 6.45) is 1.59. The third kappa shape index (κ3) is 4.70. The van der Waals surface area contributed by atoms with Gasteiger partial charge < -0.3 is 19.4 Å². The van der Waals surface area contributed by atoms with Gasteiger partial charge >= 0.3 is 5.97 Å². The molecule has 2 aromatic carbocycles. The highest BCUT2D eigenvalue weighted by Crippen LogP contribution is 2.39. The summed E-state index contributed by atoms with van der Waals surface area (Å²) in [5, 5.41) is 2.63. The Morgan fingerprint density at radius 2 is 1.91 bits per heavy atom. The minimum Gasteiger partial charge on any atom is -0.467 e. The molecule has 0 unspecified atom stereocenters. The van der Waals surface area contributed by atoms with Crippen LogP contribution in [-0.2, 0) is 16.1 Å². The quantitative estimate of drug-likeness (QED) is 0.534. The molecule has 0 saturated carbocycles. The third-order valence-electron chi connectivity index (χ3n) is 5.00. The maximum atomic E-state index is 12.8. The van der Waals surface area contributed by atoms with E-state index in [0.29, 0.717) is 29.1 Å². The number of carbonyl (C=O) groups excluding carboxylic acids is 3. The second-order valence-electron chi connectivity index (χ2n) is 7.11. The summed E-state index contributed by atoms with van der Waals surface area (Å²) in [5.41, 5.74) is 2.06. The van der Waals surface area contributed by atoms with Crippen molar-refractivity contribution in [2.45, 2.75) is 18.8 Å². The number of hydrogen-bond donors (Lipinski definition) is 1. The number of ether oxygens (including phenoxy) is 1. The topological polar surface area (TPSA) is 88.8 Å². The number of furan rings is 1. The fraction of sp³-hybridized carbons (Fsp3) is 0.208. The summed E-state index contributed by atoms with van der Waals surface area (Å²) in [7, 11) is 0. The van der Waals surface area contributed by atoms with E-state index in [4.69, 9.17) is 9.15 Å². The molecule has 3 aromatic rings. The molecule has 4 rings (SSSR count). The summed E-state index contributed by atoms with van der Waals surface area (Å²) in [5.74, 6) is 0.350. The van der Waals surface area contributed by atoms with Gasteiger partial charge in [0.2, 0.25) is 5.91 Å². The lowest BCUT2D eigenvalue weighted by molar-refractivity contribution is -0.128. The molecule has 1 N–H and O–H groups in total. The number of nitrogens with one attached hydrogen (secondary N) is 1. The zero-order valence-electron chi connectivity index (χ0n) is 17.4. The van der Waals surface area contributed by atoms with E-state index < -0.39 is 5.97 Å². The first kappa shape index (κ1) is 21.7. The highest BCUT2D eigenvalue weighted by molar-refractivity contribution is 8.00. The molecule has 0 spiro atoms. The first-order valence-corrected chi connectivity index (χ1v) is 11.2. The Hall–Kier alpha value is -3.52. The molecule has 1 aromatic heterocycles. The molecule has 2 heterocycles. The van der Waals surface area contributed by atoms with Crippen molar-refractivity contribution in [1.82, 2.24) is 4.90 Å². The Morgan fingerprint density at radius 1 is 1.12 bits per heavy atom. The van der Waals surface area contributed by atoms with Crippen LogP contribution in [0.5, 0.6) is 0 Å². The first-order chi connectivity index (χ1) is 15.6. The van der Waals surface area contributed by atoms with E-state index in [1.165, 1.54) is 0 Å². The second-order valence-corrected chi connectivity index (χ2v) is 8.18. The van der Waals surface area contributed by atoms with Gasteiger partial charge in [-0.2, -0.15) is 0 Å². The lowest BCUT2D eigenvalue weighted by Crippen LogP contribution is -2.27. The molecule has 8 heteroatoms. The van der Waals surface area contributed by atoms with E-state index in [-0.39, 0.29) is 23.8 Å². The number of carbonyl (C=O) groups is 3. The van der Waals surface area contributed by atoms with Gasteiger partial charge in [-0.3, -0.25) is 9.59 Å². The van der Waals surface area contributed by atoms with Crippen molar-refractivity contribution in [3.05, 3.63) is 89.4 Å². The highest BCUT2D eigenvalue weighted by atomic mass is 32.2. The number of para-hydroxylation sites is 1. The normalized spacial score (nSPS) is 15.6. The minimum atomic E-state index is -0.488. The molecular formula is C24H22N2O5S. The molecule has 1 atom stereocenters. The zero-order valence-corrected chi connectivity index (χ0v) is 18.3. The summed E-state index contributed by atoms with van der Waals surface area (Å²) in [6.45, 7) is 2.38. The van der Waals surface area contributed by atoms with Crippen molar-refractivity contribution in [2.75, 3.05) is 17.7 Å². The maximum Gasteiger partial charge on any atom is 0.340 e. The van der Waals surface area contributed by atoms with Crippen LogP contribution in [0.1, 0.15) is 44.3 Å². The van der Waals surface area contributed by atoms with Crippen molar-refractivity contribution < 1.29 is 23.5 Å². The fourth-order valence-electron chi connectivity index (χ4n) is 3.44. The number of esters is 1. The molecule has 2 amide bonds. The van der Waals surface area contributed by atoms with Crippen molar-refractivity contribution in [3.8, 4) is 0 Å². The van der Waals surface area contributed by atoms with Gasteiger partial charge in [0.1, 0.15) is 11.1 Å². The first-order valence-electron chi connectivity index (χ1n) is 10.2. The summed E-state index contributed by atoms with van der Waals surface area (Å²) in [4.78, 5) is 39.0. The largest absolute Gasteiger partial charge is 0.467 e. The summed E-state index contributed by atoms with van der Waals surface area (Å²) >= 11 is 1.54. The van der Waals surface area contributed by atoms with E-state index >= 15 is 0 Å². The highest BCUT2D eigenvalue weighted by Gasteiger charge is 2.33. The fourth-order valence-corrected chi connectivity index (χ4v) is 4.63. The van der Waals surface area contributed by atoms with Gasteiger partial charge in [0.05, 0.1) is 36.4 Å². The van der Waals surface area contributed by atoms with Gasteiger partial charge in [-0.15, -0.1) is 11.8 Å². The molecule has 7 nitrogen and oxygen atoms in total. The van der Waals surface area contributed by atoms with E-state index in [1.807, 2.05) is 18.2 Å². The zero-order chi connectivity index (χ0) is 22.5. The Morgan fingerprint density at radius 3 is 2.62 bits per heavy atom. The number of hydrogen-bond acceptors (Lipinski definition) is 6. The van der Waals surface area contributed by atoms with Gasteiger partial charge in [-0.05, 0) is 48.9 Å².